The van der Waals surface area contributed by atoms with Gasteiger partial charge >= 0.3 is 12.1 Å². The third-order valence-electron chi connectivity index (χ3n) is 2.46. The Morgan fingerprint density at radius 3 is 2.57 bits per heavy atom. The van der Waals surface area contributed by atoms with Crippen molar-refractivity contribution in [2.45, 2.75) is 6.18 Å². The van der Waals surface area contributed by atoms with Crippen molar-refractivity contribution in [2.75, 3.05) is 0 Å². The molecule has 0 amide bonds. The van der Waals surface area contributed by atoms with Crippen molar-refractivity contribution in [1.82, 2.24) is 4.98 Å². The molecule has 0 aliphatic heterocycles. The Labute approximate surface area is 115 Å². The van der Waals surface area contributed by atoms with Gasteiger partial charge in [0.25, 0.3) is 0 Å². The van der Waals surface area contributed by atoms with Gasteiger partial charge in [-0.25, -0.2) is 14.2 Å². The SMILES string of the molecule is O=C(O)c1cccnc1Oc1ccc(F)c(C(F)(F)F)c1. The lowest BCUT2D eigenvalue weighted by Crippen LogP contribution is -2.08. The minimum absolute atomic E-state index is 0.324. The number of benzene rings is 1. The van der Waals surface area contributed by atoms with Crippen LogP contribution >= 0.6 is 0 Å². The number of rotatable bonds is 3. The van der Waals surface area contributed by atoms with Crippen molar-refractivity contribution >= 4 is 5.97 Å². The molecule has 0 radical (unpaired) electrons. The fourth-order valence-corrected chi connectivity index (χ4v) is 1.53. The van der Waals surface area contributed by atoms with Crippen LogP contribution in [0.2, 0.25) is 0 Å². The van der Waals surface area contributed by atoms with Crippen LogP contribution in [0.15, 0.2) is 36.5 Å². The van der Waals surface area contributed by atoms with Crippen LogP contribution in [0.25, 0.3) is 0 Å². The summed E-state index contributed by atoms with van der Waals surface area (Å²) >= 11 is 0. The van der Waals surface area contributed by atoms with E-state index < -0.39 is 23.5 Å². The summed E-state index contributed by atoms with van der Waals surface area (Å²) in [5.41, 5.74) is -1.83. The van der Waals surface area contributed by atoms with Gasteiger partial charge in [-0.3, -0.25) is 0 Å². The largest absolute Gasteiger partial charge is 0.477 e. The zero-order valence-corrected chi connectivity index (χ0v) is 10.2. The molecule has 1 aromatic carbocycles. The average molecular weight is 301 g/mol. The molecule has 0 saturated heterocycles. The Balaban J connectivity index is 2.40. The Hall–Kier alpha value is -2.64. The molecule has 2 aromatic rings. The summed E-state index contributed by atoms with van der Waals surface area (Å²) in [7, 11) is 0. The highest BCUT2D eigenvalue weighted by Gasteiger charge is 2.34. The van der Waals surface area contributed by atoms with Crippen molar-refractivity contribution in [3.63, 3.8) is 0 Å². The summed E-state index contributed by atoms with van der Waals surface area (Å²) in [6.07, 6.45) is -3.67. The molecular formula is C13H7F4NO3. The van der Waals surface area contributed by atoms with E-state index in [2.05, 4.69) is 4.98 Å². The number of hydrogen-bond donors (Lipinski definition) is 1. The molecule has 0 fully saturated rings. The topological polar surface area (TPSA) is 59.4 Å². The highest BCUT2D eigenvalue weighted by molar-refractivity contribution is 5.90. The lowest BCUT2D eigenvalue weighted by molar-refractivity contribution is -0.140. The second kappa shape index (κ2) is 5.39. The van der Waals surface area contributed by atoms with Crippen LogP contribution in [0.3, 0.4) is 0 Å². The molecule has 2 rings (SSSR count). The molecule has 1 aromatic heterocycles. The standard InChI is InChI=1S/C13H7F4NO3/c14-10-4-3-7(6-9(10)13(15,16)17)21-11-8(12(19)20)2-1-5-18-11/h1-6H,(H,19,20). The summed E-state index contributed by atoms with van der Waals surface area (Å²) in [5.74, 6) is -3.56. The molecular weight excluding hydrogens is 294 g/mol. The second-order valence-electron chi connectivity index (χ2n) is 3.90. The smallest absolute Gasteiger partial charge is 0.419 e. The fraction of sp³-hybridized carbons (Fsp3) is 0.0769. The first-order chi connectivity index (χ1) is 9.79. The van der Waals surface area contributed by atoms with E-state index in [0.29, 0.717) is 12.1 Å². The van der Waals surface area contributed by atoms with Crippen molar-refractivity contribution in [2.24, 2.45) is 0 Å². The molecule has 1 N–H and O–H groups in total. The molecule has 0 aliphatic carbocycles. The average Bonchev–Trinajstić information content (AvgIpc) is 2.40. The second-order valence-corrected chi connectivity index (χ2v) is 3.90. The summed E-state index contributed by atoms with van der Waals surface area (Å²) in [6, 6.07) is 4.49. The van der Waals surface area contributed by atoms with Crippen LogP contribution in [0.5, 0.6) is 11.6 Å². The number of alkyl halides is 3. The number of ether oxygens (including phenoxy) is 1. The maximum atomic E-state index is 13.1. The molecule has 1 heterocycles. The Morgan fingerprint density at radius 2 is 1.95 bits per heavy atom. The summed E-state index contributed by atoms with van der Waals surface area (Å²) < 4.78 is 55.8. The summed E-state index contributed by atoms with van der Waals surface area (Å²) in [5, 5.41) is 8.91. The van der Waals surface area contributed by atoms with Crippen LogP contribution in [0, 0.1) is 5.82 Å². The van der Waals surface area contributed by atoms with Crippen molar-refractivity contribution in [1.29, 1.82) is 0 Å². The molecule has 4 nitrogen and oxygen atoms in total. The molecule has 8 heteroatoms. The van der Waals surface area contributed by atoms with Crippen LogP contribution in [-0.2, 0) is 6.18 Å². The molecule has 0 saturated carbocycles. The first-order valence-corrected chi connectivity index (χ1v) is 5.52. The Kier molecular flexibility index (Phi) is 3.79. The van der Waals surface area contributed by atoms with E-state index in [4.69, 9.17) is 9.84 Å². The molecule has 21 heavy (non-hydrogen) atoms. The number of carboxylic acids is 1. The maximum absolute atomic E-state index is 13.1. The molecule has 0 bridgehead atoms. The summed E-state index contributed by atoms with van der Waals surface area (Å²) in [4.78, 5) is 14.6. The number of pyridine rings is 1. The van der Waals surface area contributed by atoms with Gasteiger partial charge < -0.3 is 9.84 Å². The lowest BCUT2D eigenvalue weighted by atomic mass is 10.2. The van der Waals surface area contributed by atoms with Gasteiger partial charge in [0.05, 0.1) is 5.56 Å². The van der Waals surface area contributed by atoms with Crippen molar-refractivity contribution in [3.8, 4) is 11.6 Å². The number of aromatic nitrogens is 1. The predicted octanol–water partition coefficient (Wildman–Crippen LogP) is 3.73. The first kappa shape index (κ1) is 14.8. The molecule has 110 valence electrons. The number of aromatic carboxylic acids is 1. The van der Waals surface area contributed by atoms with E-state index in [1.54, 1.807) is 0 Å². The van der Waals surface area contributed by atoms with Crippen LogP contribution in [-0.4, -0.2) is 16.1 Å². The molecule has 0 spiro atoms. The fourth-order valence-electron chi connectivity index (χ4n) is 1.53. The monoisotopic (exact) mass is 301 g/mol. The molecule has 0 unspecified atom stereocenters. The van der Waals surface area contributed by atoms with Crippen molar-refractivity contribution < 1.29 is 32.2 Å². The minimum atomic E-state index is -4.89. The Bertz CT molecular complexity index is 685. The minimum Gasteiger partial charge on any atom is -0.477 e. The first-order valence-electron chi connectivity index (χ1n) is 5.52. The maximum Gasteiger partial charge on any atom is 0.419 e. The Morgan fingerprint density at radius 1 is 1.24 bits per heavy atom. The van der Waals surface area contributed by atoms with E-state index >= 15 is 0 Å². The van der Waals surface area contributed by atoms with E-state index in [0.717, 1.165) is 6.07 Å². The highest BCUT2D eigenvalue weighted by Crippen LogP contribution is 2.34. The van der Waals surface area contributed by atoms with Gasteiger partial charge in [-0.05, 0) is 30.3 Å². The summed E-state index contributed by atoms with van der Waals surface area (Å²) in [6.45, 7) is 0. The van der Waals surface area contributed by atoms with Crippen molar-refractivity contribution in [3.05, 3.63) is 53.5 Å². The van der Waals surface area contributed by atoms with E-state index in [-0.39, 0.29) is 17.2 Å². The van der Waals surface area contributed by atoms with E-state index in [1.807, 2.05) is 0 Å². The molecule has 0 atom stereocenters. The third-order valence-corrected chi connectivity index (χ3v) is 2.46. The number of halogens is 4. The third kappa shape index (κ3) is 3.28. The van der Waals surface area contributed by atoms with Gasteiger partial charge in [-0.1, -0.05) is 0 Å². The highest BCUT2D eigenvalue weighted by atomic mass is 19.4. The number of carboxylic acid groups (broad SMARTS) is 1. The zero-order valence-electron chi connectivity index (χ0n) is 10.2. The van der Waals surface area contributed by atoms with Gasteiger partial charge in [0.15, 0.2) is 0 Å². The number of hydrogen-bond acceptors (Lipinski definition) is 3. The van der Waals surface area contributed by atoms with Crippen LogP contribution in [0.1, 0.15) is 15.9 Å². The normalized spacial score (nSPS) is 11.2. The van der Waals surface area contributed by atoms with Gasteiger partial charge in [0, 0.05) is 6.20 Å². The van der Waals surface area contributed by atoms with E-state index in [1.165, 1.54) is 18.3 Å². The number of nitrogens with zero attached hydrogens (tertiary/aromatic N) is 1. The van der Waals surface area contributed by atoms with Gasteiger partial charge in [-0.15, -0.1) is 0 Å². The van der Waals surface area contributed by atoms with Crippen LogP contribution < -0.4 is 4.74 Å². The molecule has 0 aliphatic rings. The quantitative estimate of drug-likeness (QED) is 0.878. The van der Waals surface area contributed by atoms with Gasteiger partial charge in [0.2, 0.25) is 5.88 Å². The van der Waals surface area contributed by atoms with E-state index in [9.17, 15) is 22.4 Å². The van der Waals surface area contributed by atoms with Gasteiger partial charge in [0.1, 0.15) is 17.1 Å². The van der Waals surface area contributed by atoms with Crippen LogP contribution in [0.4, 0.5) is 17.6 Å². The lowest BCUT2D eigenvalue weighted by Gasteiger charge is -2.11. The zero-order chi connectivity index (χ0) is 15.6. The predicted molar refractivity (Wildman–Crippen MR) is 62.7 cm³/mol. The van der Waals surface area contributed by atoms with Gasteiger partial charge in [-0.2, -0.15) is 13.2 Å². The number of carbonyl (C=O) groups is 1.